The number of rotatable bonds is 2. The number of anilines is 1. The Bertz CT molecular complexity index is 950. The first-order valence-electron chi connectivity index (χ1n) is 13.0. The van der Waals surface area contributed by atoms with Crippen molar-refractivity contribution in [1.82, 2.24) is 4.98 Å². The molecule has 2 fully saturated rings. The van der Waals surface area contributed by atoms with Gasteiger partial charge in [-0.2, -0.15) is 0 Å². The highest BCUT2D eigenvalue weighted by Gasteiger charge is 2.52. The summed E-state index contributed by atoms with van der Waals surface area (Å²) >= 11 is 0. The van der Waals surface area contributed by atoms with Crippen LogP contribution in [-0.2, 0) is 9.31 Å². The van der Waals surface area contributed by atoms with Crippen LogP contribution in [0.2, 0.25) is 0 Å². The van der Waals surface area contributed by atoms with Crippen molar-refractivity contribution in [3.8, 4) is 0 Å². The third-order valence-corrected chi connectivity index (χ3v) is 4.10. The Kier molecular flexibility index (Phi) is 1.72. The van der Waals surface area contributed by atoms with Crippen LogP contribution in [0.25, 0.3) is 0 Å². The number of pyridine rings is 1. The Morgan fingerprint density at radius 2 is 2.09 bits per heavy atom. The fraction of sp³-hybridized carbons (Fsp3) is 0.706. The lowest BCUT2D eigenvalue weighted by Gasteiger charge is -2.32. The Hall–Kier alpha value is -1.07. The number of aromatic nitrogens is 1. The summed E-state index contributed by atoms with van der Waals surface area (Å²) in [7, 11) is -0.896. The van der Waals surface area contributed by atoms with Gasteiger partial charge in [-0.05, 0) is 58.5 Å². The van der Waals surface area contributed by atoms with E-state index in [1.165, 1.54) is 12.1 Å². The number of piperidine rings is 1. The Labute approximate surface area is 151 Å². The molecule has 22 heavy (non-hydrogen) atoms. The highest BCUT2D eigenvalue weighted by Crippen LogP contribution is 2.36. The summed E-state index contributed by atoms with van der Waals surface area (Å²) in [5, 5.41) is 0. The van der Waals surface area contributed by atoms with Crippen LogP contribution in [0.3, 0.4) is 0 Å². The minimum atomic E-state index is -3.75. The fourth-order valence-electron chi connectivity index (χ4n) is 2.08. The smallest absolute Gasteiger partial charge is 0.398 e. The maximum absolute atomic E-state index is 8.46. The topological polar surface area (TPSA) is 34.6 Å². The molecular formula is C17H27BN2O2. The minimum Gasteiger partial charge on any atom is -0.398 e. The number of nitrogens with zero attached hydrogens (tertiary/aromatic N) is 2. The quantitative estimate of drug-likeness (QED) is 0.786. The summed E-state index contributed by atoms with van der Waals surface area (Å²) < 4.78 is 110. The van der Waals surface area contributed by atoms with E-state index in [0.717, 1.165) is 6.20 Å². The van der Waals surface area contributed by atoms with Gasteiger partial charge in [0.15, 0.2) is 0 Å². The summed E-state index contributed by atoms with van der Waals surface area (Å²) in [6.45, 7) is -3.26. The van der Waals surface area contributed by atoms with Gasteiger partial charge in [0.2, 0.25) is 0 Å². The van der Waals surface area contributed by atoms with Gasteiger partial charge >= 0.3 is 7.12 Å². The molecule has 1 atom stereocenters. The van der Waals surface area contributed by atoms with Gasteiger partial charge in [-0.25, -0.2) is 0 Å². The largest absolute Gasteiger partial charge is 0.514 e. The molecule has 1 unspecified atom stereocenters. The van der Waals surface area contributed by atoms with Gasteiger partial charge in [0.25, 0.3) is 0 Å². The zero-order valence-electron chi connectivity index (χ0n) is 25.0. The molecule has 1 aromatic heterocycles. The standard InChI is InChI=1S/C17H27BN2O2/c1-13-7-6-10-20(12-13)14-8-9-15(19-11-14)18-21-16(2,3)17(4,5)22-18/h8-9,11,13H,6-7,10,12H2,1-5H3/i1D3,6D2,7D2,10D2,12D2,13D. The van der Waals surface area contributed by atoms with Crippen molar-refractivity contribution in [2.75, 3.05) is 17.9 Å². The normalized spacial score (nSPS) is 48.4. The van der Waals surface area contributed by atoms with E-state index in [-0.39, 0.29) is 16.2 Å². The molecular weight excluding hydrogens is 275 g/mol. The second-order valence-electron chi connectivity index (χ2n) is 6.21. The van der Waals surface area contributed by atoms with Crippen LogP contribution in [-0.4, -0.2) is 36.3 Å². The zero-order chi connectivity index (χ0) is 26.6. The van der Waals surface area contributed by atoms with Crippen molar-refractivity contribution in [1.29, 1.82) is 0 Å². The van der Waals surface area contributed by atoms with Crippen LogP contribution in [0.15, 0.2) is 18.3 Å². The second kappa shape index (κ2) is 5.53. The van der Waals surface area contributed by atoms with E-state index >= 15 is 0 Å². The summed E-state index contributed by atoms with van der Waals surface area (Å²) in [6, 6.07) is 2.52. The molecule has 0 aliphatic carbocycles. The van der Waals surface area contributed by atoms with E-state index in [9.17, 15) is 0 Å². The van der Waals surface area contributed by atoms with Crippen molar-refractivity contribution in [2.45, 2.75) is 58.5 Å². The molecule has 0 saturated carbocycles. The highest BCUT2D eigenvalue weighted by molar-refractivity contribution is 6.61. The monoisotopic (exact) mass is 314 g/mol. The van der Waals surface area contributed by atoms with E-state index in [4.69, 9.17) is 25.8 Å². The van der Waals surface area contributed by atoms with Gasteiger partial charge < -0.3 is 14.2 Å². The molecule has 2 saturated heterocycles. The molecule has 2 aliphatic rings. The van der Waals surface area contributed by atoms with Gasteiger partial charge in [0, 0.05) is 35.6 Å². The molecule has 0 radical (unpaired) electrons. The third-order valence-electron chi connectivity index (χ3n) is 4.10. The van der Waals surface area contributed by atoms with Crippen LogP contribution in [0, 0.1) is 5.89 Å². The molecule has 0 bridgehead atoms. The average molecular weight is 314 g/mol. The van der Waals surface area contributed by atoms with Crippen LogP contribution in [0.4, 0.5) is 5.69 Å². The second-order valence-corrected chi connectivity index (χ2v) is 6.21. The van der Waals surface area contributed by atoms with E-state index in [2.05, 4.69) is 4.98 Å². The van der Waals surface area contributed by atoms with Gasteiger partial charge in [0.05, 0.1) is 22.5 Å². The lowest BCUT2D eigenvalue weighted by molar-refractivity contribution is 0.00578. The molecule has 120 valence electrons. The summed E-state index contributed by atoms with van der Waals surface area (Å²) in [6.07, 6.45) is -6.36. The lowest BCUT2D eigenvalue weighted by atomic mass is 9.84. The van der Waals surface area contributed by atoms with Gasteiger partial charge in [0.1, 0.15) is 0 Å². The van der Waals surface area contributed by atoms with Crippen molar-refractivity contribution < 1.29 is 25.8 Å². The Morgan fingerprint density at radius 1 is 1.36 bits per heavy atom. The third kappa shape index (κ3) is 2.89. The number of hydrogen-bond donors (Lipinski definition) is 0. The predicted molar refractivity (Wildman–Crippen MR) is 90.6 cm³/mol. The lowest BCUT2D eigenvalue weighted by Crippen LogP contribution is -2.41. The van der Waals surface area contributed by atoms with Crippen molar-refractivity contribution in [3.05, 3.63) is 18.3 Å². The molecule has 2 aliphatic heterocycles. The Balaban J connectivity index is 2.13. The van der Waals surface area contributed by atoms with Gasteiger partial charge in [-0.15, -0.1) is 0 Å². The van der Waals surface area contributed by atoms with Crippen molar-refractivity contribution in [3.63, 3.8) is 0 Å². The van der Waals surface area contributed by atoms with Crippen LogP contribution in [0.1, 0.15) is 63.7 Å². The van der Waals surface area contributed by atoms with Crippen molar-refractivity contribution >= 4 is 18.4 Å². The summed E-state index contributed by atoms with van der Waals surface area (Å²) in [4.78, 5) is 4.30. The molecule has 0 spiro atoms. The summed E-state index contributed by atoms with van der Waals surface area (Å²) in [5.41, 5.74) is -1.47. The average Bonchev–Trinajstić information content (AvgIpc) is 2.86. The minimum absolute atomic E-state index is 0.154. The number of hydrogen-bond acceptors (Lipinski definition) is 4. The molecule has 4 nitrogen and oxygen atoms in total. The maximum Gasteiger partial charge on any atom is 0.514 e. The first kappa shape index (κ1) is 6.82. The van der Waals surface area contributed by atoms with Gasteiger partial charge in [-0.3, -0.25) is 4.98 Å². The van der Waals surface area contributed by atoms with Gasteiger partial charge in [-0.1, -0.05) is 6.85 Å². The van der Waals surface area contributed by atoms with Crippen LogP contribution < -0.4 is 10.5 Å². The molecule has 0 N–H and O–H groups in total. The molecule has 1 aromatic rings. The molecule has 0 amide bonds. The molecule has 0 aromatic carbocycles. The molecule has 3 rings (SSSR count). The molecule has 5 heteroatoms. The highest BCUT2D eigenvalue weighted by atomic mass is 16.7. The SMILES string of the molecule is [2H]C([2H])([2H])C1([2H])C([2H])([2H])N(c2ccc(B3OC(C)(C)C(C)(C)O3)nc2)C([2H])([2H])C([2H])([2H])C1([2H])[2H]. The first-order chi connectivity index (χ1) is 14.9. The van der Waals surface area contributed by atoms with Crippen LogP contribution >= 0.6 is 0 Å². The first-order valence-corrected chi connectivity index (χ1v) is 7.02. The van der Waals surface area contributed by atoms with Crippen molar-refractivity contribution in [2.24, 2.45) is 5.89 Å². The van der Waals surface area contributed by atoms with E-state index < -0.39 is 56.8 Å². The molecule has 3 heterocycles. The predicted octanol–water partition coefficient (Wildman–Crippen LogP) is 2.62. The fourth-order valence-corrected chi connectivity index (χ4v) is 2.08. The Morgan fingerprint density at radius 3 is 2.68 bits per heavy atom. The van der Waals surface area contributed by atoms with E-state index in [0.29, 0.717) is 0 Å². The summed E-state index contributed by atoms with van der Waals surface area (Å²) in [5.74, 6) is -3.70. The van der Waals surface area contributed by atoms with E-state index in [1.54, 1.807) is 0 Å². The van der Waals surface area contributed by atoms with Crippen LogP contribution in [0.5, 0.6) is 0 Å². The zero-order valence-corrected chi connectivity index (χ0v) is 13.0. The van der Waals surface area contributed by atoms with E-state index in [1.807, 2.05) is 27.7 Å². The maximum atomic E-state index is 8.46.